The molecule has 28 heavy (non-hydrogen) atoms. The van der Waals surface area contributed by atoms with Gasteiger partial charge in [0.25, 0.3) is 11.8 Å². The SMILES string of the molecule is CC(C(=O)Nc1cc(-n2cccc2)ccc1F)N1C(=O)c2ccccc2C1=O. The van der Waals surface area contributed by atoms with E-state index < -0.39 is 29.6 Å². The highest BCUT2D eigenvalue weighted by Gasteiger charge is 2.40. The van der Waals surface area contributed by atoms with Gasteiger partial charge in [0.1, 0.15) is 11.9 Å². The smallest absolute Gasteiger partial charge is 0.262 e. The molecule has 0 bridgehead atoms. The number of imide groups is 1. The third kappa shape index (κ3) is 2.87. The maximum Gasteiger partial charge on any atom is 0.262 e. The Hall–Kier alpha value is -3.74. The van der Waals surface area contributed by atoms with E-state index >= 15 is 0 Å². The Labute approximate surface area is 160 Å². The van der Waals surface area contributed by atoms with Crippen molar-refractivity contribution >= 4 is 23.4 Å². The summed E-state index contributed by atoms with van der Waals surface area (Å²) in [6, 6.07) is 13.3. The number of carbonyl (C=O) groups excluding carboxylic acids is 3. The van der Waals surface area contributed by atoms with Crippen molar-refractivity contribution in [3.63, 3.8) is 0 Å². The van der Waals surface area contributed by atoms with Crippen LogP contribution in [0.3, 0.4) is 0 Å². The van der Waals surface area contributed by atoms with Gasteiger partial charge in [0.15, 0.2) is 0 Å². The van der Waals surface area contributed by atoms with Crippen molar-refractivity contribution in [2.45, 2.75) is 13.0 Å². The van der Waals surface area contributed by atoms with E-state index in [4.69, 9.17) is 0 Å². The Kier molecular flexibility index (Phi) is 4.27. The maximum atomic E-state index is 14.2. The van der Waals surface area contributed by atoms with Gasteiger partial charge in [-0.25, -0.2) is 4.39 Å². The molecule has 1 unspecified atom stereocenters. The molecule has 4 rings (SSSR count). The minimum Gasteiger partial charge on any atom is -0.324 e. The lowest BCUT2D eigenvalue weighted by atomic mass is 10.1. The molecular weight excluding hydrogens is 361 g/mol. The second-order valence-corrected chi connectivity index (χ2v) is 6.45. The van der Waals surface area contributed by atoms with Gasteiger partial charge in [-0.15, -0.1) is 0 Å². The van der Waals surface area contributed by atoms with E-state index in [1.807, 2.05) is 12.1 Å². The number of amides is 3. The van der Waals surface area contributed by atoms with Gasteiger partial charge in [-0.3, -0.25) is 19.3 Å². The van der Waals surface area contributed by atoms with Crippen LogP contribution in [0.4, 0.5) is 10.1 Å². The zero-order chi connectivity index (χ0) is 19.8. The van der Waals surface area contributed by atoms with Crippen LogP contribution in [0.1, 0.15) is 27.6 Å². The summed E-state index contributed by atoms with van der Waals surface area (Å²) in [4.78, 5) is 38.6. The van der Waals surface area contributed by atoms with Crippen LogP contribution in [-0.4, -0.2) is 33.2 Å². The van der Waals surface area contributed by atoms with E-state index in [9.17, 15) is 18.8 Å². The highest BCUT2D eigenvalue weighted by atomic mass is 19.1. The molecule has 1 aliphatic heterocycles. The van der Waals surface area contributed by atoms with Gasteiger partial charge in [0.2, 0.25) is 5.91 Å². The highest BCUT2D eigenvalue weighted by Crippen LogP contribution is 2.25. The normalized spacial score (nSPS) is 14.1. The van der Waals surface area contributed by atoms with Crippen molar-refractivity contribution in [2.24, 2.45) is 0 Å². The monoisotopic (exact) mass is 377 g/mol. The van der Waals surface area contributed by atoms with Gasteiger partial charge in [-0.05, 0) is 49.4 Å². The van der Waals surface area contributed by atoms with Gasteiger partial charge in [-0.2, -0.15) is 0 Å². The van der Waals surface area contributed by atoms with E-state index in [1.165, 1.54) is 19.1 Å². The van der Waals surface area contributed by atoms with Crippen molar-refractivity contribution < 1.29 is 18.8 Å². The number of nitrogens with one attached hydrogen (secondary N) is 1. The summed E-state index contributed by atoms with van der Waals surface area (Å²) in [6.07, 6.45) is 3.58. The Bertz CT molecular complexity index is 1060. The number of nitrogens with zero attached hydrogens (tertiary/aromatic N) is 2. The van der Waals surface area contributed by atoms with Crippen LogP contribution < -0.4 is 5.32 Å². The van der Waals surface area contributed by atoms with E-state index in [0.717, 1.165) is 4.90 Å². The van der Waals surface area contributed by atoms with Crippen molar-refractivity contribution in [1.82, 2.24) is 9.47 Å². The second-order valence-electron chi connectivity index (χ2n) is 6.45. The quantitative estimate of drug-likeness (QED) is 0.710. The third-order valence-electron chi connectivity index (χ3n) is 4.70. The first-order chi connectivity index (χ1) is 13.5. The summed E-state index contributed by atoms with van der Waals surface area (Å²) in [5, 5.41) is 2.48. The molecule has 2 aromatic carbocycles. The predicted octanol–water partition coefficient (Wildman–Crippen LogP) is 3.24. The van der Waals surface area contributed by atoms with E-state index in [1.54, 1.807) is 47.3 Å². The van der Waals surface area contributed by atoms with E-state index in [-0.39, 0.29) is 16.8 Å². The predicted molar refractivity (Wildman–Crippen MR) is 101 cm³/mol. The Morgan fingerprint density at radius 1 is 0.964 bits per heavy atom. The maximum absolute atomic E-state index is 14.2. The van der Waals surface area contributed by atoms with Crippen LogP contribution >= 0.6 is 0 Å². The summed E-state index contributed by atoms with van der Waals surface area (Å²) in [5.74, 6) is -2.34. The number of halogens is 1. The number of rotatable bonds is 4. The Balaban J connectivity index is 1.57. The standard InChI is InChI=1S/C21H16FN3O3/c1-13(25-20(27)15-6-2-3-7-16(15)21(25)28)19(26)23-18-12-14(8-9-17(18)22)24-10-4-5-11-24/h2-13H,1H3,(H,23,26). The Morgan fingerprint density at radius 2 is 1.57 bits per heavy atom. The van der Waals surface area contributed by atoms with Crippen molar-refractivity contribution in [3.8, 4) is 5.69 Å². The molecule has 1 aliphatic rings. The number of benzene rings is 2. The number of carbonyl (C=O) groups is 3. The summed E-state index contributed by atoms with van der Waals surface area (Å²) in [7, 11) is 0. The van der Waals surface area contributed by atoms with Crippen LogP contribution in [0.2, 0.25) is 0 Å². The molecule has 0 saturated carbocycles. The van der Waals surface area contributed by atoms with E-state index in [0.29, 0.717) is 5.69 Å². The molecule has 0 fully saturated rings. The lowest BCUT2D eigenvalue weighted by Crippen LogP contribution is -2.45. The molecule has 140 valence electrons. The molecule has 0 saturated heterocycles. The molecule has 1 aromatic heterocycles. The average molecular weight is 377 g/mol. The van der Waals surface area contributed by atoms with Gasteiger partial charge in [-0.1, -0.05) is 12.1 Å². The zero-order valence-electron chi connectivity index (χ0n) is 14.9. The van der Waals surface area contributed by atoms with Crippen molar-refractivity contribution in [1.29, 1.82) is 0 Å². The zero-order valence-corrected chi connectivity index (χ0v) is 14.9. The molecule has 2 heterocycles. The molecule has 3 amide bonds. The van der Waals surface area contributed by atoms with Crippen LogP contribution in [-0.2, 0) is 4.79 Å². The number of hydrogen-bond acceptors (Lipinski definition) is 3. The van der Waals surface area contributed by atoms with Gasteiger partial charge in [0.05, 0.1) is 16.8 Å². The highest BCUT2D eigenvalue weighted by molar-refractivity contribution is 6.23. The number of hydrogen-bond donors (Lipinski definition) is 1. The lowest BCUT2D eigenvalue weighted by molar-refractivity contribution is -0.119. The fourth-order valence-electron chi connectivity index (χ4n) is 3.19. The fourth-order valence-corrected chi connectivity index (χ4v) is 3.19. The van der Waals surface area contributed by atoms with Gasteiger partial charge in [0, 0.05) is 18.1 Å². The summed E-state index contributed by atoms with van der Waals surface area (Å²) in [5.41, 5.74) is 1.15. The molecule has 1 N–H and O–H groups in total. The molecule has 0 aliphatic carbocycles. The van der Waals surface area contributed by atoms with Crippen LogP contribution in [0.15, 0.2) is 67.0 Å². The molecule has 0 radical (unpaired) electrons. The topological polar surface area (TPSA) is 71.4 Å². The van der Waals surface area contributed by atoms with Crippen LogP contribution in [0.25, 0.3) is 5.69 Å². The second kappa shape index (κ2) is 6.77. The molecule has 6 nitrogen and oxygen atoms in total. The first-order valence-electron chi connectivity index (χ1n) is 8.68. The van der Waals surface area contributed by atoms with Crippen molar-refractivity contribution in [2.75, 3.05) is 5.32 Å². The van der Waals surface area contributed by atoms with Gasteiger partial charge >= 0.3 is 0 Å². The third-order valence-corrected chi connectivity index (χ3v) is 4.70. The van der Waals surface area contributed by atoms with Crippen molar-refractivity contribution in [3.05, 3.63) is 83.9 Å². The molecule has 3 aromatic rings. The minimum atomic E-state index is -1.10. The lowest BCUT2D eigenvalue weighted by Gasteiger charge is -2.22. The summed E-state index contributed by atoms with van der Waals surface area (Å²) < 4.78 is 16.0. The van der Waals surface area contributed by atoms with Crippen LogP contribution in [0, 0.1) is 5.82 Å². The van der Waals surface area contributed by atoms with E-state index in [2.05, 4.69) is 5.32 Å². The van der Waals surface area contributed by atoms with Gasteiger partial charge < -0.3 is 9.88 Å². The first-order valence-corrected chi connectivity index (χ1v) is 8.68. The van der Waals surface area contributed by atoms with Crippen LogP contribution in [0.5, 0.6) is 0 Å². The molecular formula is C21H16FN3O3. The number of anilines is 1. The number of aromatic nitrogens is 1. The first kappa shape index (κ1) is 17.7. The minimum absolute atomic E-state index is 0.0281. The molecule has 1 atom stereocenters. The number of fused-ring (bicyclic) bond motifs is 1. The Morgan fingerprint density at radius 3 is 2.18 bits per heavy atom. The summed E-state index contributed by atoms with van der Waals surface area (Å²) >= 11 is 0. The molecule has 0 spiro atoms. The fraction of sp³-hybridized carbons (Fsp3) is 0.0952. The average Bonchev–Trinajstić information content (AvgIpc) is 3.31. The largest absolute Gasteiger partial charge is 0.324 e. The molecule has 7 heteroatoms. The summed E-state index contributed by atoms with van der Waals surface area (Å²) in [6.45, 7) is 1.44.